The zero-order valence-corrected chi connectivity index (χ0v) is 19.7. The molecule has 1 fully saturated rings. The van der Waals surface area contributed by atoms with E-state index in [0.717, 1.165) is 63.5 Å². The molecule has 1 aromatic heterocycles. The van der Waals surface area contributed by atoms with Crippen molar-refractivity contribution in [3.05, 3.63) is 59.5 Å². The molecule has 0 spiro atoms. The summed E-state index contributed by atoms with van der Waals surface area (Å²) in [6, 6.07) is 16.9. The van der Waals surface area contributed by atoms with Gasteiger partial charge in [0.05, 0.1) is 6.61 Å². The lowest BCUT2D eigenvalue weighted by Gasteiger charge is -2.36. The van der Waals surface area contributed by atoms with Crippen LogP contribution >= 0.6 is 11.3 Å². The lowest BCUT2D eigenvalue weighted by atomic mass is 10.0. The van der Waals surface area contributed by atoms with Crippen LogP contribution < -0.4 is 15.4 Å². The molecular weight excluding hydrogens is 418 g/mol. The molecule has 6 heteroatoms. The summed E-state index contributed by atoms with van der Waals surface area (Å²) in [7, 11) is 0. The van der Waals surface area contributed by atoms with Gasteiger partial charge in [0.25, 0.3) is 0 Å². The number of primary amides is 1. The van der Waals surface area contributed by atoms with Gasteiger partial charge in [0.15, 0.2) is 0 Å². The highest BCUT2D eigenvalue weighted by molar-refractivity contribution is 7.17. The quantitative estimate of drug-likeness (QED) is 0.460. The van der Waals surface area contributed by atoms with Crippen molar-refractivity contribution in [1.82, 2.24) is 4.90 Å². The third kappa shape index (κ3) is 5.81. The normalized spacial score (nSPS) is 15.7. The van der Waals surface area contributed by atoms with Crippen LogP contribution in [0.2, 0.25) is 0 Å². The maximum absolute atomic E-state index is 11.2. The number of nitrogens with zero attached hydrogens (tertiary/aromatic N) is 2. The summed E-state index contributed by atoms with van der Waals surface area (Å²) >= 11 is 1.82. The van der Waals surface area contributed by atoms with Crippen LogP contribution in [0, 0.1) is 5.92 Å². The smallest absolute Gasteiger partial charge is 0.220 e. The lowest BCUT2D eigenvalue weighted by Crippen LogP contribution is -2.46. The second-order valence-electron chi connectivity index (χ2n) is 8.65. The molecule has 170 valence electrons. The number of hydrogen-bond acceptors (Lipinski definition) is 5. The molecule has 1 amide bonds. The largest absolute Gasteiger partial charge is 0.494 e. The molecule has 32 heavy (non-hydrogen) atoms. The molecule has 1 aliphatic rings. The molecule has 2 N–H and O–H groups in total. The fraction of sp³-hybridized carbons (Fsp3) is 0.423. The van der Waals surface area contributed by atoms with E-state index in [1.54, 1.807) is 0 Å². The molecule has 1 atom stereocenters. The van der Waals surface area contributed by atoms with Gasteiger partial charge in [-0.1, -0.05) is 25.1 Å². The predicted molar refractivity (Wildman–Crippen MR) is 134 cm³/mol. The van der Waals surface area contributed by atoms with E-state index >= 15 is 0 Å². The number of unbranched alkanes of at least 4 members (excludes halogenated alkanes) is 1. The Morgan fingerprint density at radius 2 is 1.84 bits per heavy atom. The number of fused-ring (bicyclic) bond motifs is 1. The third-order valence-corrected chi connectivity index (χ3v) is 7.16. The van der Waals surface area contributed by atoms with Crippen LogP contribution in [0.25, 0.3) is 10.1 Å². The molecule has 0 saturated carbocycles. The summed E-state index contributed by atoms with van der Waals surface area (Å²) in [6.07, 6.45) is 2.87. The Labute approximate surface area is 194 Å². The Balaban J connectivity index is 1.13. The molecule has 2 aromatic carbocycles. The van der Waals surface area contributed by atoms with Crippen molar-refractivity contribution in [3.63, 3.8) is 0 Å². The van der Waals surface area contributed by atoms with Gasteiger partial charge in [0.1, 0.15) is 5.75 Å². The van der Waals surface area contributed by atoms with E-state index in [9.17, 15) is 4.79 Å². The summed E-state index contributed by atoms with van der Waals surface area (Å²) in [5.41, 5.74) is 7.83. The molecule has 0 aliphatic carbocycles. The summed E-state index contributed by atoms with van der Waals surface area (Å²) in [4.78, 5) is 16.3. The molecule has 4 rings (SSSR count). The third-order valence-electron chi connectivity index (χ3n) is 6.27. The Bertz CT molecular complexity index is 1010. The van der Waals surface area contributed by atoms with Crippen LogP contribution in [0.15, 0.2) is 53.9 Å². The second kappa shape index (κ2) is 10.8. The van der Waals surface area contributed by atoms with E-state index in [4.69, 9.17) is 10.5 Å². The first-order valence-corrected chi connectivity index (χ1v) is 12.4. The molecule has 3 aromatic rings. The molecule has 1 unspecified atom stereocenters. The number of piperazine rings is 1. The van der Waals surface area contributed by atoms with Gasteiger partial charge >= 0.3 is 0 Å². The number of anilines is 1. The van der Waals surface area contributed by atoms with Crippen LogP contribution in [0.5, 0.6) is 5.75 Å². The van der Waals surface area contributed by atoms with E-state index in [0.29, 0.717) is 6.42 Å². The number of thiophene rings is 1. The van der Waals surface area contributed by atoms with Gasteiger partial charge in [0, 0.05) is 47.9 Å². The summed E-state index contributed by atoms with van der Waals surface area (Å²) in [6.45, 7) is 8.13. The summed E-state index contributed by atoms with van der Waals surface area (Å²) < 4.78 is 7.27. The molecular formula is C26H33N3O2S. The first-order chi connectivity index (χ1) is 15.6. The van der Waals surface area contributed by atoms with E-state index in [2.05, 4.69) is 39.4 Å². The number of carbonyl (C=O) groups is 1. The lowest BCUT2D eigenvalue weighted by molar-refractivity contribution is -0.121. The Morgan fingerprint density at radius 1 is 1.06 bits per heavy atom. The standard InChI is InChI=1S/C26H33N3O2S/c1-20(26(27)30)19-21-7-9-22(10-8-21)31-17-3-2-12-28-13-15-29(16-14-28)24-5-4-6-25-23(24)11-18-32-25/h4-11,18,20H,2-3,12-17,19H2,1H3,(H2,27,30). The van der Waals surface area contributed by atoms with Crippen molar-refractivity contribution in [2.75, 3.05) is 44.2 Å². The number of hydrogen-bond donors (Lipinski definition) is 1. The SMILES string of the molecule is CC(Cc1ccc(OCCCCN2CCN(c3cccc4sccc34)CC2)cc1)C(N)=O. The van der Waals surface area contributed by atoms with Gasteiger partial charge in [-0.05, 0) is 67.1 Å². The monoisotopic (exact) mass is 451 g/mol. The van der Waals surface area contributed by atoms with E-state index in [-0.39, 0.29) is 11.8 Å². The molecule has 1 saturated heterocycles. The van der Waals surface area contributed by atoms with Crippen LogP contribution in [-0.2, 0) is 11.2 Å². The van der Waals surface area contributed by atoms with Gasteiger partial charge in [-0.25, -0.2) is 0 Å². The number of ether oxygens (including phenoxy) is 1. The average molecular weight is 452 g/mol. The van der Waals surface area contributed by atoms with Gasteiger partial charge in [-0.2, -0.15) is 0 Å². The van der Waals surface area contributed by atoms with Crippen molar-refractivity contribution in [2.24, 2.45) is 11.7 Å². The zero-order chi connectivity index (χ0) is 22.3. The molecule has 0 radical (unpaired) electrons. The number of benzene rings is 2. The molecule has 1 aliphatic heterocycles. The highest BCUT2D eigenvalue weighted by Crippen LogP contribution is 2.31. The first kappa shape index (κ1) is 22.6. The minimum absolute atomic E-state index is 0.145. The second-order valence-corrected chi connectivity index (χ2v) is 9.59. The number of nitrogens with two attached hydrogens (primary N) is 1. The number of carbonyl (C=O) groups excluding carboxylic acids is 1. The van der Waals surface area contributed by atoms with Gasteiger partial charge < -0.3 is 15.4 Å². The fourth-order valence-corrected chi connectivity index (χ4v) is 5.08. The van der Waals surface area contributed by atoms with E-state index < -0.39 is 0 Å². The molecule has 0 bridgehead atoms. The van der Waals surface area contributed by atoms with Crippen LogP contribution in [0.4, 0.5) is 5.69 Å². The van der Waals surface area contributed by atoms with Crippen LogP contribution in [0.1, 0.15) is 25.3 Å². The Morgan fingerprint density at radius 3 is 2.59 bits per heavy atom. The Hall–Kier alpha value is -2.57. The predicted octanol–water partition coefficient (Wildman–Crippen LogP) is 4.55. The highest BCUT2D eigenvalue weighted by Gasteiger charge is 2.18. The van der Waals surface area contributed by atoms with Crippen molar-refractivity contribution in [3.8, 4) is 5.75 Å². The first-order valence-electron chi connectivity index (χ1n) is 11.5. The topological polar surface area (TPSA) is 58.8 Å². The fourth-order valence-electron chi connectivity index (χ4n) is 4.27. The van der Waals surface area contributed by atoms with Crippen molar-refractivity contribution < 1.29 is 9.53 Å². The van der Waals surface area contributed by atoms with Gasteiger partial charge in [-0.3, -0.25) is 9.69 Å². The van der Waals surface area contributed by atoms with Crippen molar-refractivity contribution >= 4 is 33.0 Å². The van der Waals surface area contributed by atoms with Gasteiger partial charge in [-0.15, -0.1) is 11.3 Å². The minimum atomic E-state index is -0.258. The highest BCUT2D eigenvalue weighted by atomic mass is 32.1. The van der Waals surface area contributed by atoms with Gasteiger partial charge in [0.2, 0.25) is 5.91 Å². The minimum Gasteiger partial charge on any atom is -0.494 e. The molecule has 5 nitrogen and oxygen atoms in total. The summed E-state index contributed by atoms with van der Waals surface area (Å²) in [5, 5.41) is 3.57. The Kier molecular flexibility index (Phi) is 7.66. The van der Waals surface area contributed by atoms with Crippen LogP contribution in [-0.4, -0.2) is 50.1 Å². The van der Waals surface area contributed by atoms with Crippen molar-refractivity contribution in [1.29, 1.82) is 0 Å². The number of rotatable bonds is 10. The van der Waals surface area contributed by atoms with Crippen molar-refractivity contribution in [2.45, 2.75) is 26.2 Å². The maximum Gasteiger partial charge on any atom is 0.220 e. The molecule has 2 heterocycles. The number of amides is 1. The maximum atomic E-state index is 11.2. The average Bonchev–Trinajstić information content (AvgIpc) is 3.29. The van der Waals surface area contributed by atoms with E-state index in [1.165, 1.54) is 15.8 Å². The zero-order valence-electron chi connectivity index (χ0n) is 18.8. The summed E-state index contributed by atoms with van der Waals surface area (Å²) in [5.74, 6) is 0.483. The van der Waals surface area contributed by atoms with E-state index in [1.807, 2.05) is 42.5 Å². The van der Waals surface area contributed by atoms with Crippen LogP contribution in [0.3, 0.4) is 0 Å².